The molecule has 0 aromatic carbocycles. The summed E-state index contributed by atoms with van der Waals surface area (Å²) < 4.78 is 1.69. The van der Waals surface area contributed by atoms with E-state index in [1.807, 2.05) is 13.2 Å². The molecule has 6 heteroatoms. The average molecular weight is 291 g/mol. The molecule has 1 aromatic heterocycles. The van der Waals surface area contributed by atoms with E-state index >= 15 is 0 Å². The third-order valence-electron chi connectivity index (χ3n) is 4.83. The Hall–Kier alpha value is -1.43. The zero-order chi connectivity index (χ0) is 14.8. The van der Waals surface area contributed by atoms with Crippen LogP contribution in [0.1, 0.15) is 38.3 Å². The molecule has 2 unspecified atom stereocenters. The van der Waals surface area contributed by atoms with Gasteiger partial charge in [0.1, 0.15) is 0 Å². The first kappa shape index (κ1) is 14.5. The van der Waals surface area contributed by atoms with Crippen molar-refractivity contribution in [3.05, 3.63) is 11.9 Å². The van der Waals surface area contributed by atoms with E-state index in [-0.39, 0.29) is 5.91 Å². The highest BCUT2D eigenvalue weighted by molar-refractivity contribution is 5.77. The van der Waals surface area contributed by atoms with Crippen molar-refractivity contribution in [2.75, 3.05) is 19.6 Å². The molecule has 3 rings (SSSR count). The van der Waals surface area contributed by atoms with Crippen LogP contribution in [-0.4, -0.2) is 62.4 Å². The molecule has 1 amide bonds. The Labute approximate surface area is 126 Å². The van der Waals surface area contributed by atoms with Gasteiger partial charge in [-0.05, 0) is 25.8 Å². The Kier molecular flexibility index (Phi) is 4.24. The monoisotopic (exact) mass is 291 g/mol. The van der Waals surface area contributed by atoms with Gasteiger partial charge in [0.25, 0.3) is 0 Å². The number of carbonyl (C=O) groups excluding carboxylic acids is 1. The molecule has 2 atom stereocenters. The molecule has 116 valence electrons. The number of piperazine rings is 1. The lowest BCUT2D eigenvalue weighted by atomic mass is 10.0. The van der Waals surface area contributed by atoms with Gasteiger partial charge in [-0.2, -0.15) is 0 Å². The van der Waals surface area contributed by atoms with Crippen molar-refractivity contribution in [3.63, 3.8) is 0 Å². The third kappa shape index (κ3) is 3.10. The van der Waals surface area contributed by atoms with Gasteiger partial charge >= 0.3 is 0 Å². The molecule has 2 aliphatic rings. The highest BCUT2D eigenvalue weighted by Crippen LogP contribution is 2.26. The van der Waals surface area contributed by atoms with Crippen LogP contribution < -0.4 is 0 Å². The van der Waals surface area contributed by atoms with E-state index in [4.69, 9.17) is 0 Å². The van der Waals surface area contributed by atoms with Gasteiger partial charge in [0.15, 0.2) is 0 Å². The summed E-state index contributed by atoms with van der Waals surface area (Å²) in [4.78, 5) is 17.3. The number of nitrogens with zero attached hydrogens (tertiary/aromatic N) is 5. The summed E-state index contributed by atoms with van der Waals surface area (Å²) in [5.74, 6) is 0.277. The zero-order valence-electron chi connectivity index (χ0n) is 13.0. The minimum absolute atomic E-state index is 0.277. The van der Waals surface area contributed by atoms with Crippen molar-refractivity contribution in [1.29, 1.82) is 0 Å². The Morgan fingerprint density at radius 1 is 1.43 bits per heavy atom. The number of carbonyl (C=O) groups is 1. The van der Waals surface area contributed by atoms with E-state index < -0.39 is 0 Å². The molecule has 2 saturated heterocycles. The van der Waals surface area contributed by atoms with Gasteiger partial charge < -0.3 is 4.90 Å². The van der Waals surface area contributed by atoms with Crippen LogP contribution in [0.4, 0.5) is 0 Å². The summed E-state index contributed by atoms with van der Waals surface area (Å²) in [5, 5.41) is 7.98. The molecule has 0 radical (unpaired) electrons. The minimum Gasteiger partial charge on any atom is -0.337 e. The van der Waals surface area contributed by atoms with Crippen molar-refractivity contribution in [3.8, 4) is 0 Å². The van der Waals surface area contributed by atoms with E-state index in [1.165, 1.54) is 19.4 Å². The van der Waals surface area contributed by atoms with Crippen LogP contribution in [0.2, 0.25) is 0 Å². The van der Waals surface area contributed by atoms with Crippen LogP contribution in [0.5, 0.6) is 0 Å². The molecular weight excluding hydrogens is 266 g/mol. The highest BCUT2D eigenvalue weighted by Gasteiger charge is 2.37. The lowest BCUT2D eigenvalue weighted by Crippen LogP contribution is -2.57. The van der Waals surface area contributed by atoms with Crippen LogP contribution in [0, 0.1) is 0 Å². The predicted octanol–water partition coefficient (Wildman–Crippen LogP) is 0.833. The van der Waals surface area contributed by atoms with Crippen molar-refractivity contribution in [2.45, 2.75) is 51.1 Å². The fourth-order valence-corrected chi connectivity index (χ4v) is 3.63. The van der Waals surface area contributed by atoms with Gasteiger partial charge in [0.2, 0.25) is 5.91 Å². The molecule has 0 spiro atoms. The standard InChI is InChI=1S/C15H25N5O/c1-3-13-10-19-8-4-5-14(19)11-20(13)15(21)7-6-12-9-18(2)17-16-12/h9,13-14H,3-8,10-11H2,1-2H3. The van der Waals surface area contributed by atoms with Crippen molar-refractivity contribution in [2.24, 2.45) is 7.05 Å². The molecule has 21 heavy (non-hydrogen) atoms. The van der Waals surface area contributed by atoms with E-state index in [2.05, 4.69) is 27.0 Å². The number of rotatable bonds is 4. The Bertz CT molecular complexity index is 500. The smallest absolute Gasteiger partial charge is 0.223 e. The molecule has 2 fully saturated rings. The number of hydrogen-bond donors (Lipinski definition) is 0. The van der Waals surface area contributed by atoms with Crippen LogP contribution in [0.3, 0.4) is 0 Å². The third-order valence-corrected chi connectivity index (χ3v) is 4.83. The largest absolute Gasteiger partial charge is 0.337 e. The molecule has 0 saturated carbocycles. The SMILES string of the molecule is CCC1CN2CCCC2CN1C(=O)CCc1cn(C)nn1. The topological polar surface area (TPSA) is 54.3 Å². The summed E-state index contributed by atoms with van der Waals surface area (Å²) in [6.07, 6.45) is 6.68. The molecule has 0 aliphatic carbocycles. The number of amides is 1. The maximum Gasteiger partial charge on any atom is 0.223 e. The van der Waals surface area contributed by atoms with Crippen molar-refractivity contribution in [1.82, 2.24) is 24.8 Å². The maximum atomic E-state index is 12.6. The van der Waals surface area contributed by atoms with Crippen molar-refractivity contribution >= 4 is 5.91 Å². The first-order valence-corrected chi connectivity index (χ1v) is 8.06. The van der Waals surface area contributed by atoms with E-state index in [0.717, 1.165) is 25.2 Å². The summed E-state index contributed by atoms with van der Waals surface area (Å²) in [6.45, 7) is 5.36. The quantitative estimate of drug-likeness (QED) is 0.824. The van der Waals surface area contributed by atoms with Crippen LogP contribution in [-0.2, 0) is 18.3 Å². The second-order valence-corrected chi connectivity index (χ2v) is 6.28. The first-order valence-electron chi connectivity index (χ1n) is 8.06. The summed E-state index contributed by atoms with van der Waals surface area (Å²) >= 11 is 0. The number of aromatic nitrogens is 3. The number of aryl methyl sites for hydroxylation is 2. The second kappa shape index (κ2) is 6.13. The van der Waals surface area contributed by atoms with E-state index in [1.54, 1.807) is 4.68 Å². The molecular formula is C15H25N5O. The number of fused-ring (bicyclic) bond motifs is 1. The van der Waals surface area contributed by atoms with Crippen LogP contribution in [0.25, 0.3) is 0 Å². The average Bonchev–Trinajstić information content (AvgIpc) is 3.11. The highest BCUT2D eigenvalue weighted by atomic mass is 16.2. The van der Waals surface area contributed by atoms with E-state index in [9.17, 15) is 4.79 Å². The van der Waals surface area contributed by atoms with E-state index in [0.29, 0.717) is 24.9 Å². The van der Waals surface area contributed by atoms with Gasteiger partial charge in [-0.25, -0.2) is 0 Å². The summed E-state index contributed by atoms with van der Waals surface area (Å²) in [6, 6.07) is 0.974. The lowest BCUT2D eigenvalue weighted by Gasteiger charge is -2.43. The maximum absolute atomic E-state index is 12.6. The summed E-state index contributed by atoms with van der Waals surface area (Å²) in [5.41, 5.74) is 0.901. The Morgan fingerprint density at radius 2 is 2.29 bits per heavy atom. The normalized spacial score (nSPS) is 26.1. The fraction of sp³-hybridized carbons (Fsp3) is 0.800. The van der Waals surface area contributed by atoms with Gasteiger partial charge in [-0.3, -0.25) is 14.4 Å². The first-order chi connectivity index (χ1) is 10.2. The fourth-order valence-electron chi connectivity index (χ4n) is 3.63. The predicted molar refractivity (Wildman–Crippen MR) is 79.7 cm³/mol. The Morgan fingerprint density at radius 3 is 3.00 bits per heavy atom. The Balaban J connectivity index is 1.59. The summed E-state index contributed by atoms with van der Waals surface area (Å²) in [7, 11) is 1.85. The van der Waals surface area contributed by atoms with Gasteiger partial charge in [0.05, 0.1) is 5.69 Å². The van der Waals surface area contributed by atoms with Crippen LogP contribution in [0.15, 0.2) is 6.20 Å². The second-order valence-electron chi connectivity index (χ2n) is 6.28. The molecule has 1 aromatic rings. The van der Waals surface area contributed by atoms with Gasteiger partial charge in [-0.15, -0.1) is 5.10 Å². The lowest BCUT2D eigenvalue weighted by molar-refractivity contribution is -0.137. The van der Waals surface area contributed by atoms with Crippen molar-refractivity contribution < 1.29 is 4.79 Å². The minimum atomic E-state index is 0.277. The zero-order valence-corrected chi connectivity index (χ0v) is 13.0. The molecule has 2 aliphatic heterocycles. The molecule has 0 N–H and O–H groups in total. The molecule has 6 nitrogen and oxygen atoms in total. The van der Waals surface area contributed by atoms with Crippen LogP contribution >= 0.6 is 0 Å². The van der Waals surface area contributed by atoms with Gasteiger partial charge in [-0.1, -0.05) is 12.1 Å². The molecule has 0 bridgehead atoms. The number of hydrogen-bond acceptors (Lipinski definition) is 4. The molecule has 3 heterocycles. The van der Waals surface area contributed by atoms with Gasteiger partial charge in [0, 0.05) is 51.3 Å².